The van der Waals surface area contributed by atoms with Crippen LogP contribution in [0.2, 0.25) is 0 Å². The van der Waals surface area contributed by atoms with Crippen molar-refractivity contribution in [3.05, 3.63) is 23.8 Å². The van der Waals surface area contributed by atoms with Gasteiger partial charge < -0.3 is 24.7 Å². The lowest BCUT2D eigenvalue weighted by Crippen LogP contribution is -2.11. The fourth-order valence-electron chi connectivity index (χ4n) is 1.78. The summed E-state index contributed by atoms with van der Waals surface area (Å²) in [6, 6.07) is 5.79. The first-order valence-corrected chi connectivity index (χ1v) is 6.88. The third-order valence-electron chi connectivity index (χ3n) is 2.81. The van der Waals surface area contributed by atoms with E-state index in [1.54, 1.807) is 14.2 Å². The normalized spacial score (nSPS) is 10.6. The number of nitrogens with two attached hydrogens (primary N) is 1. The van der Waals surface area contributed by atoms with Crippen LogP contribution in [-0.2, 0) is 15.9 Å². The largest absolute Gasteiger partial charge is 0.497 e. The van der Waals surface area contributed by atoms with Crippen LogP contribution >= 0.6 is 0 Å². The van der Waals surface area contributed by atoms with Crippen LogP contribution in [0.5, 0.6) is 11.5 Å². The van der Waals surface area contributed by atoms with Crippen molar-refractivity contribution >= 4 is 0 Å². The van der Waals surface area contributed by atoms with E-state index >= 15 is 0 Å². The molecule has 1 rings (SSSR count). The first-order chi connectivity index (χ1) is 9.81. The van der Waals surface area contributed by atoms with E-state index in [0.29, 0.717) is 26.4 Å². The molecule has 0 bridgehead atoms. The van der Waals surface area contributed by atoms with Gasteiger partial charge in [-0.05, 0) is 31.0 Å². The summed E-state index contributed by atoms with van der Waals surface area (Å²) >= 11 is 0. The van der Waals surface area contributed by atoms with Crippen LogP contribution in [0.3, 0.4) is 0 Å². The second-order valence-electron chi connectivity index (χ2n) is 4.32. The molecule has 0 aromatic heterocycles. The van der Waals surface area contributed by atoms with Gasteiger partial charge in [0.1, 0.15) is 18.1 Å². The monoisotopic (exact) mass is 283 g/mol. The Morgan fingerprint density at radius 2 is 1.90 bits per heavy atom. The topological polar surface area (TPSA) is 62.9 Å². The Bertz CT molecular complexity index is 371. The van der Waals surface area contributed by atoms with E-state index in [9.17, 15) is 0 Å². The van der Waals surface area contributed by atoms with E-state index < -0.39 is 0 Å². The highest BCUT2D eigenvalue weighted by Crippen LogP contribution is 2.25. The molecule has 0 atom stereocenters. The number of hydrogen-bond acceptors (Lipinski definition) is 5. The molecule has 0 heterocycles. The van der Waals surface area contributed by atoms with Crippen LogP contribution in [0.4, 0.5) is 0 Å². The SMILES string of the molecule is COCCCOCCOc1cc(OC)ccc1CCN. The Balaban J connectivity index is 2.37. The van der Waals surface area contributed by atoms with Gasteiger partial charge in [0.25, 0.3) is 0 Å². The van der Waals surface area contributed by atoms with Gasteiger partial charge in [-0.2, -0.15) is 0 Å². The molecule has 0 aliphatic rings. The van der Waals surface area contributed by atoms with E-state index in [1.165, 1.54) is 0 Å². The highest BCUT2D eigenvalue weighted by atomic mass is 16.5. The first kappa shape index (κ1) is 16.8. The standard InChI is InChI=1S/C15H25NO4/c1-17-8-3-9-19-10-11-20-15-12-14(18-2)5-4-13(15)6-7-16/h4-5,12H,3,6-11,16H2,1-2H3. The lowest BCUT2D eigenvalue weighted by Gasteiger charge is -2.12. The van der Waals surface area contributed by atoms with Crippen molar-refractivity contribution in [2.24, 2.45) is 5.73 Å². The molecule has 0 aliphatic carbocycles. The summed E-state index contributed by atoms with van der Waals surface area (Å²) < 4.78 is 21.4. The smallest absolute Gasteiger partial charge is 0.126 e. The van der Waals surface area contributed by atoms with Crippen LogP contribution < -0.4 is 15.2 Å². The predicted octanol–water partition coefficient (Wildman–Crippen LogP) is 1.63. The first-order valence-electron chi connectivity index (χ1n) is 6.88. The fourth-order valence-corrected chi connectivity index (χ4v) is 1.78. The molecule has 2 N–H and O–H groups in total. The Morgan fingerprint density at radius 1 is 1.05 bits per heavy atom. The molecule has 0 radical (unpaired) electrons. The van der Waals surface area contributed by atoms with Crippen molar-refractivity contribution in [1.82, 2.24) is 0 Å². The van der Waals surface area contributed by atoms with Gasteiger partial charge in [-0.15, -0.1) is 0 Å². The molecule has 0 aliphatic heterocycles. The van der Waals surface area contributed by atoms with Crippen molar-refractivity contribution in [3.8, 4) is 11.5 Å². The van der Waals surface area contributed by atoms with Crippen LogP contribution in [0, 0.1) is 0 Å². The molecule has 0 spiro atoms. The maximum atomic E-state index is 5.75. The van der Waals surface area contributed by atoms with Gasteiger partial charge in [0.05, 0.1) is 13.7 Å². The molecule has 0 saturated heterocycles. The fraction of sp³-hybridized carbons (Fsp3) is 0.600. The number of benzene rings is 1. The second-order valence-corrected chi connectivity index (χ2v) is 4.32. The third-order valence-corrected chi connectivity index (χ3v) is 2.81. The lowest BCUT2D eigenvalue weighted by atomic mass is 10.1. The minimum Gasteiger partial charge on any atom is -0.497 e. The zero-order valence-electron chi connectivity index (χ0n) is 12.4. The molecule has 0 saturated carbocycles. The van der Waals surface area contributed by atoms with Gasteiger partial charge in [0.2, 0.25) is 0 Å². The van der Waals surface area contributed by atoms with Crippen molar-refractivity contribution < 1.29 is 18.9 Å². The molecule has 0 unspecified atom stereocenters. The molecule has 5 heteroatoms. The maximum absolute atomic E-state index is 5.75. The van der Waals surface area contributed by atoms with Gasteiger partial charge in [0, 0.05) is 26.4 Å². The molecule has 0 fully saturated rings. The number of methoxy groups -OCH3 is 2. The van der Waals surface area contributed by atoms with Gasteiger partial charge in [-0.1, -0.05) is 6.07 Å². The predicted molar refractivity (Wildman–Crippen MR) is 78.6 cm³/mol. The maximum Gasteiger partial charge on any atom is 0.126 e. The third kappa shape index (κ3) is 6.23. The minimum absolute atomic E-state index is 0.512. The Hall–Kier alpha value is -1.30. The highest BCUT2D eigenvalue weighted by molar-refractivity contribution is 5.40. The number of rotatable bonds is 11. The van der Waals surface area contributed by atoms with Crippen molar-refractivity contribution in [2.45, 2.75) is 12.8 Å². The summed E-state index contributed by atoms with van der Waals surface area (Å²) in [7, 11) is 3.32. The zero-order valence-corrected chi connectivity index (χ0v) is 12.4. The molecular formula is C15H25NO4. The van der Waals surface area contributed by atoms with E-state index in [-0.39, 0.29) is 0 Å². The van der Waals surface area contributed by atoms with E-state index in [0.717, 1.165) is 36.5 Å². The molecular weight excluding hydrogens is 258 g/mol. The molecule has 20 heavy (non-hydrogen) atoms. The van der Waals surface area contributed by atoms with Crippen molar-refractivity contribution in [2.75, 3.05) is 47.2 Å². The minimum atomic E-state index is 0.512. The number of hydrogen-bond donors (Lipinski definition) is 1. The lowest BCUT2D eigenvalue weighted by molar-refractivity contribution is 0.0804. The average Bonchev–Trinajstić information content (AvgIpc) is 2.48. The molecule has 5 nitrogen and oxygen atoms in total. The summed E-state index contributed by atoms with van der Waals surface area (Å²) in [6.45, 7) is 3.07. The Labute approximate surface area is 121 Å². The van der Waals surface area contributed by atoms with Crippen molar-refractivity contribution in [1.29, 1.82) is 0 Å². The summed E-state index contributed by atoms with van der Waals surface area (Å²) in [5.41, 5.74) is 6.69. The summed E-state index contributed by atoms with van der Waals surface area (Å²) in [5, 5.41) is 0. The molecule has 0 amide bonds. The van der Waals surface area contributed by atoms with Crippen molar-refractivity contribution in [3.63, 3.8) is 0 Å². The highest BCUT2D eigenvalue weighted by Gasteiger charge is 2.05. The summed E-state index contributed by atoms with van der Waals surface area (Å²) in [5.74, 6) is 1.59. The Kier molecular flexibility index (Phi) is 8.78. The summed E-state index contributed by atoms with van der Waals surface area (Å²) in [6.07, 6.45) is 1.68. The average molecular weight is 283 g/mol. The Morgan fingerprint density at radius 3 is 2.60 bits per heavy atom. The molecule has 1 aromatic carbocycles. The van der Waals surface area contributed by atoms with Gasteiger partial charge in [0.15, 0.2) is 0 Å². The number of ether oxygens (including phenoxy) is 4. The van der Waals surface area contributed by atoms with Gasteiger partial charge in [-0.25, -0.2) is 0 Å². The molecule has 1 aromatic rings. The second kappa shape index (κ2) is 10.5. The van der Waals surface area contributed by atoms with E-state index in [2.05, 4.69) is 0 Å². The summed E-state index contributed by atoms with van der Waals surface area (Å²) in [4.78, 5) is 0. The van der Waals surface area contributed by atoms with E-state index in [4.69, 9.17) is 24.7 Å². The molecule has 114 valence electrons. The van der Waals surface area contributed by atoms with Gasteiger partial charge in [-0.3, -0.25) is 0 Å². The van der Waals surface area contributed by atoms with Crippen LogP contribution in [0.25, 0.3) is 0 Å². The van der Waals surface area contributed by atoms with Crippen LogP contribution in [0.1, 0.15) is 12.0 Å². The van der Waals surface area contributed by atoms with Gasteiger partial charge >= 0.3 is 0 Å². The quantitative estimate of drug-likeness (QED) is 0.625. The van der Waals surface area contributed by atoms with E-state index in [1.807, 2.05) is 18.2 Å². The zero-order chi connectivity index (χ0) is 14.6. The van der Waals surface area contributed by atoms with Crippen LogP contribution in [-0.4, -0.2) is 47.2 Å². The van der Waals surface area contributed by atoms with Crippen LogP contribution in [0.15, 0.2) is 18.2 Å².